The van der Waals surface area contributed by atoms with Gasteiger partial charge in [-0.15, -0.1) is 0 Å². The van der Waals surface area contributed by atoms with Gasteiger partial charge in [-0.05, 0) is 18.2 Å². The Labute approximate surface area is 72.0 Å². The van der Waals surface area contributed by atoms with Crippen LogP contribution in [0.5, 0.6) is 0 Å². The zero-order valence-corrected chi connectivity index (χ0v) is 7.58. The maximum absolute atomic E-state index is 11.8. The van der Waals surface area contributed by atoms with Crippen molar-refractivity contribution in [3.63, 3.8) is 0 Å². The van der Waals surface area contributed by atoms with Gasteiger partial charge in [-0.25, -0.2) is 4.39 Å². The second-order valence-corrected chi connectivity index (χ2v) is 3.60. The molecule has 1 aromatic rings. The van der Waals surface area contributed by atoms with Gasteiger partial charge in [-0.2, -0.15) is 0 Å². The molecule has 0 heterocycles. The van der Waals surface area contributed by atoms with E-state index in [-0.39, 0.29) is 6.01 Å². The SMILES string of the molecule is FCSc1cccc(Br)c1. The fraction of sp³-hybridized carbons (Fsp3) is 0.143. The zero-order valence-electron chi connectivity index (χ0n) is 5.18. The van der Waals surface area contributed by atoms with E-state index in [9.17, 15) is 4.39 Å². The monoisotopic (exact) mass is 220 g/mol. The first-order chi connectivity index (χ1) is 4.83. The predicted octanol–water partition coefficient (Wildman–Crippen LogP) is 3.47. The standard InChI is InChI=1S/C7H6BrFS/c8-6-2-1-3-7(4-6)10-5-9/h1-4H,5H2. The highest BCUT2D eigenvalue weighted by molar-refractivity contribution is 9.10. The van der Waals surface area contributed by atoms with Gasteiger partial charge in [0.25, 0.3) is 0 Å². The predicted molar refractivity (Wildman–Crippen MR) is 46.0 cm³/mol. The number of benzene rings is 1. The van der Waals surface area contributed by atoms with E-state index in [1.165, 1.54) is 11.8 Å². The summed E-state index contributed by atoms with van der Waals surface area (Å²) < 4.78 is 12.7. The van der Waals surface area contributed by atoms with Crippen molar-refractivity contribution in [1.29, 1.82) is 0 Å². The average molecular weight is 221 g/mol. The van der Waals surface area contributed by atoms with Crippen LogP contribution in [-0.4, -0.2) is 6.01 Å². The topological polar surface area (TPSA) is 0 Å². The molecule has 0 nitrogen and oxygen atoms in total. The first-order valence-corrected chi connectivity index (χ1v) is 4.55. The van der Waals surface area contributed by atoms with E-state index in [1.54, 1.807) is 0 Å². The molecule has 0 bridgehead atoms. The van der Waals surface area contributed by atoms with E-state index in [4.69, 9.17) is 0 Å². The molecule has 0 N–H and O–H groups in total. The van der Waals surface area contributed by atoms with Gasteiger partial charge in [0.05, 0.1) is 0 Å². The average Bonchev–Trinajstić information content (AvgIpc) is 1.88. The molecule has 0 aliphatic carbocycles. The van der Waals surface area contributed by atoms with Crippen LogP contribution in [0.1, 0.15) is 0 Å². The van der Waals surface area contributed by atoms with Gasteiger partial charge in [0.15, 0.2) is 0 Å². The van der Waals surface area contributed by atoms with Gasteiger partial charge in [-0.1, -0.05) is 33.8 Å². The van der Waals surface area contributed by atoms with Crippen LogP contribution in [0.2, 0.25) is 0 Å². The fourth-order valence-electron chi connectivity index (χ4n) is 0.620. The maximum Gasteiger partial charge on any atom is 0.139 e. The van der Waals surface area contributed by atoms with Crippen LogP contribution in [0, 0.1) is 0 Å². The van der Waals surface area contributed by atoms with E-state index in [0.717, 1.165) is 9.37 Å². The van der Waals surface area contributed by atoms with Crippen molar-refractivity contribution < 1.29 is 4.39 Å². The van der Waals surface area contributed by atoms with E-state index >= 15 is 0 Å². The molecule has 0 aliphatic heterocycles. The molecule has 0 unspecified atom stereocenters. The van der Waals surface area contributed by atoms with Crippen LogP contribution in [0.3, 0.4) is 0 Å². The number of hydrogen-bond donors (Lipinski definition) is 0. The molecule has 0 fully saturated rings. The zero-order chi connectivity index (χ0) is 7.40. The third kappa shape index (κ3) is 2.31. The molecular weight excluding hydrogens is 215 g/mol. The lowest BCUT2D eigenvalue weighted by Crippen LogP contribution is -1.70. The molecule has 0 saturated heterocycles. The van der Waals surface area contributed by atoms with E-state index in [1.807, 2.05) is 24.3 Å². The first-order valence-electron chi connectivity index (χ1n) is 2.77. The Bertz CT molecular complexity index is 215. The molecule has 10 heavy (non-hydrogen) atoms. The summed E-state index contributed by atoms with van der Waals surface area (Å²) in [5.41, 5.74) is 0. The number of halogens is 2. The summed E-state index contributed by atoms with van der Waals surface area (Å²) in [6.07, 6.45) is 0. The Balaban J connectivity index is 2.75. The molecule has 1 aromatic carbocycles. The molecule has 0 atom stereocenters. The van der Waals surface area contributed by atoms with Gasteiger partial charge in [0.1, 0.15) is 6.01 Å². The Hall–Kier alpha value is -0.0200. The summed E-state index contributed by atoms with van der Waals surface area (Å²) in [6.45, 7) is 0. The molecule has 0 saturated carbocycles. The second kappa shape index (κ2) is 3.98. The van der Waals surface area contributed by atoms with Crippen molar-refractivity contribution >= 4 is 27.7 Å². The smallest absolute Gasteiger partial charge is 0.139 e. The molecule has 1 rings (SSSR count). The van der Waals surface area contributed by atoms with Gasteiger partial charge < -0.3 is 0 Å². The summed E-state index contributed by atoms with van der Waals surface area (Å²) >= 11 is 4.49. The first kappa shape index (κ1) is 8.08. The van der Waals surface area contributed by atoms with Crippen molar-refractivity contribution in [2.24, 2.45) is 0 Å². The largest absolute Gasteiger partial charge is 0.239 e. The Morgan fingerprint density at radius 3 is 2.90 bits per heavy atom. The number of rotatable bonds is 2. The van der Waals surface area contributed by atoms with Gasteiger partial charge >= 0.3 is 0 Å². The lowest BCUT2D eigenvalue weighted by atomic mass is 10.4. The fourth-order valence-corrected chi connectivity index (χ4v) is 1.68. The van der Waals surface area contributed by atoms with Crippen LogP contribution in [0.15, 0.2) is 33.6 Å². The number of hydrogen-bond acceptors (Lipinski definition) is 1. The molecular formula is C7H6BrFS. The molecule has 0 spiro atoms. The van der Waals surface area contributed by atoms with Crippen molar-refractivity contribution in [2.75, 3.05) is 6.01 Å². The highest BCUT2D eigenvalue weighted by Crippen LogP contribution is 2.21. The van der Waals surface area contributed by atoms with Crippen LogP contribution in [0.25, 0.3) is 0 Å². The molecule has 0 radical (unpaired) electrons. The van der Waals surface area contributed by atoms with E-state index < -0.39 is 0 Å². The quantitative estimate of drug-likeness (QED) is 0.689. The van der Waals surface area contributed by atoms with Gasteiger partial charge in [0, 0.05) is 9.37 Å². The van der Waals surface area contributed by atoms with Crippen LogP contribution >= 0.6 is 27.7 Å². The minimum atomic E-state index is -0.365. The summed E-state index contributed by atoms with van der Waals surface area (Å²) in [5.74, 6) is 0. The summed E-state index contributed by atoms with van der Waals surface area (Å²) in [5, 5.41) is 0. The van der Waals surface area contributed by atoms with Gasteiger partial charge in [0.2, 0.25) is 0 Å². The molecule has 0 amide bonds. The third-order valence-electron chi connectivity index (χ3n) is 1.02. The van der Waals surface area contributed by atoms with Crippen molar-refractivity contribution in [2.45, 2.75) is 4.90 Å². The summed E-state index contributed by atoms with van der Waals surface area (Å²) in [7, 11) is 0. The summed E-state index contributed by atoms with van der Waals surface area (Å²) in [4.78, 5) is 0.955. The minimum absolute atomic E-state index is 0.365. The molecule has 54 valence electrons. The van der Waals surface area contributed by atoms with E-state index in [2.05, 4.69) is 15.9 Å². The number of thioether (sulfide) groups is 1. The van der Waals surface area contributed by atoms with Crippen LogP contribution in [-0.2, 0) is 0 Å². The summed E-state index contributed by atoms with van der Waals surface area (Å²) in [6, 6.07) is 7.22. The minimum Gasteiger partial charge on any atom is -0.239 e. The Kier molecular flexibility index (Phi) is 3.22. The molecule has 0 aliphatic rings. The highest BCUT2D eigenvalue weighted by atomic mass is 79.9. The second-order valence-electron chi connectivity index (χ2n) is 1.71. The maximum atomic E-state index is 11.8. The van der Waals surface area contributed by atoms with Crippen molar-refractivity contribution in [1.82, 2.24) is 0 Å². The van der Waals surface area contributed by atoms with Crippen LogP contribution in [0.4, 0.5) is 4.39 Å². The third-order valence-corrected chi connectivity index (χ3v) is 2.21. The van der Waals surface area contributed by atoms with E-state index in [0.29, 0.717) is 0 Å². The van der Waals surface area contributed by atoms with Crippen molar-refractivity contribution in [3.8, 4) is 0 Å². The Morgan fingerprint density at radius 1 is 1.50 bits per heavy atom. The highest BCUT2D eigenvalue weighted by Gasteiger charge is 1.91. The van der Waals surface area contributed by atoms with Crippen LogP contribution < -0.4 is 0 Å². The van der Waals surface area contributed by atoms with Gasteiger partial charge in [-0.3, -0.25) is 0 Å². The molecule has 0 aromatic heterocycles. The Morgan fingerprint density at radius 2 is 2.30 bits per heavy atom. The van der Waals surface area contributed by atoms with Crippen molar-refractivity contribution in [3.05, 3.63) is 28.7 Å². The normalized spacial score (nSPS) is 9.80. The lowest BCUT2D eigenvalue weighted by molar-refractivity contribution is 0.605. The molecule has 3 heteroatoms. The number of alkyl halides is 1. The lowest BCUT2D eigenvalue weighted by Gasteiger charge is -1.95.